The van der Waals surface area contributed by atoms with Crippen LogP contribution in [0.4, 0.5) is 10.3 Å². The number of nitrogens with two attached hydrogens (primary N) is 1. The van der Waals surface area contributed by atoms with Gasteiger partial charge in [-0.25, -0.2) is 14.4 Å². The molecular formula is C12H9ClFN3. The third kappa shape index (κ3) is 2.79. The molecule has 17 heavy (non-hydrogen) atoms. The fraction of sp³-hybridized carbons (Fsp3) is 0. The molecule has 0 saturated carbocycles. The predicted molar refractivity (Wildman–Crippen MR) is 66.8 cm³/mol. The van der Waals surface area contributed by atoms with Crippen molar-refractivity contribution in [3.8, 4) is 0 Å². The standard InChI is InChI=1S/C12H9ClFN3/c13-10-2-1-3-11(14)9(10)5-4-8-6-7-16-12(15)17-8/h1-7H,(H2,15,16,17)/b5-4+. The number of halogens is 2. The van der Waals surface area contributed by atoms with E-state index in [0.29, 0.717) is 16.3 Å². The van der Waals surface area contributed by atoms with E-state index in [4.69, 9.17) is 17.3 Å². The maximum atomic E-state index is 13.4. The van der Waals surface area contributed by atoms with Crippen LogP contribution in [0.1, 0.15) is 11.3 Å². The Morgan fingerprint density at radius 2 is 2.06 bits per heavy atom. The van der Waals surface area contributed by atoms with Gasteiger partial charge in [0, 0.05) is 11.8 Å². The molecule has 1 aromatic carbocycles. The zero-order valence-corrected chi connectivity index (χ0v) is 9.53. The van der Waals surface area contributed by atoms with Crippen LogP contribution in [0.3, 0.4) is 0 Å². The third-order valence-electron chi connectivity index (χ3n) is 2.12. The van der Waals surface area contributed by atoms with Crippen LogP contribution in [0, 0.1) is 5.82 Å². The molecular weight excluding hydrogens is 241 g/mol. The fourth-order valence-electron chi connectivity index (χ4n) is 1.32. The zero-order chi connectivity index (χ0) is 12.3. The molecule has 3 nitrogen and oxygen atoms in total. The summed E-state index contributed by atoms with van der Waals surface area (Å²) in [5.41, 5.74) is 6.35. The largest absolute Gasteiger partial charge is 0.368 e. The SMILES string of the molecule is Nc1nccc(/C=C/c2c(F)cccc2Cl)n1. The lowest BCUT2D eigenvalue weighted by Gasteiger charge is -1.99. The molecule has 0 amide bonds. The molecule has 0 spiro atoms. The first-order valence-corrected chi connectivity index (χ1v) is 5.25. The van der Waals surface area contributed by atoms with E-state index < -0.39 is 0 Å². The first-order valence-electron chi connectivity index (χ1n) is 4.87. The molecule has 0 atom stereocenters. The molecule has 0 fully saturated rings. The van der Waals surface area contributed by atoms with E-state index >= 15 is 0 Å². The normalized spacial score (nSPS) is 10.9. The Labute approximate surface area is 103 Å². The number of rotatable bonds is 2. The van der Waals surface area contributed by atoms with Gasteiger partial charge >= 0.3 is 0 Å². The topological polar surface area (TPSA) is 51.8 Å². The van der Waals surface area contributed by atoms with Gasteiger partial charge in [0.15, 0.2) is 0 Å². The Morgan fingerprint density at radius 1 is 1.24 bits per heavy atom. The highest BCUT2D eigenvalue weighted by atomic mass is 35.5. The van der Waals surface area contributed by atoms with E-state index in [2.05, 4.69) is 9.97 Å². The van der Waals surface area contributed by atoms with Crippen molar-refractivity contribution >= 4 is 29.7 Å². The molecule has 0 aliphatic heterocycles. The number of hydrogen-bond donors (Lipinski definition) is 1. The van der Waals surface area contributed by atoms with Gasteiger partial charge in [0.05, 0.1) is 10.7 Å². The van der Waals surface area contributed by atoms with Crippen molar-refractivity contribution < 1.29 is 4.39 Å². The summed E-state index contributed by atoms with van der Waals surface area (Å²) in [6.45, 7) is 0. The molecule has 86 valence electrons. The van der Waals surface area contributed by atoms with Crippen molar-refractivity contribution in [2.45, 2.75) is 0 Å². The maximum absolute atomic E-state index is 13.4. The lowest BCUT2D eigenvalue weighted by molar-refractivity contribution is 0.625. The van der Waals surface area contributed by atoms with Crippen LogP contribution < -0.4 is 5.73 Å². The molecule has 0 saturated heterocycles. The summed E-state index contributed by atoms with van der Waals surface area (Å²) >= 11 is 5.88. The number of hydrogen-bond acceptors (Lipinski definition) is 3. The molecule has 0 bridgehead atoms. The van der Waals surface area contributed by atoms with Gasteiger partial charge in [0.25, 0.3) is 0 Å². The summed E-state index contributed by atoms with van der Waals surface area (Å²) in [5.74, 6) is -0.206. The van der Waals surface area contributed by atoms with Crippen LogP contribution in [-0.4, -0.2) is 9.97 Å². The van der Waals surface area contributed by atoms with E-state index in [-0.39, 0.29) is 11.8 Å². The smallest absolute Gasteiger partial charge is 0.220 e. The van der Waals surface area contributed by atoms with Gasteiger partial charge < -0.3 is 5.73 Å². The van der Waals surface area contributed by atoms with Crippen molar-refractivity contribution in [1.82, 2.24) is 9.97 Å². The molecule has 1 aromatic heterocycles. The number of nitrogen functional groups attached to an aromatic ring is 1. The van der Waals surface area contributed by atoms with E-state index in [0.717, 1.165) is 0 Å². The minimum absolute atomic E-state index is 0.173. The molecule has 2 N–H and O–H groups in total. The van der Waals surface area contributed by atoms with Crippen molar-refractivity contribution in [2.24, 2.45) is 0 Å². The first-order chi connectivity index (χ1) is 8.16. The zero-order valence-electron chi connectivity index (χ0n) is 8.77. The van der Waals surface area contributed by atoms with Crippen LogP contribution >= 0.6 is 11.6 Å². The minimum atomic E-state index is -0.379. The predicted octanol–water partition coefficient (Wildman–Crippen LogP) is 3.02. The molecule has 0 radical (unpaired) electrons. The van der Waals surface area contributed by atoms with Crippen LogP contribution in [0.5, 0.6) is 0 Å². The van der Waals surface area contributed by atoms with Gasteiger partial charge in [-0.2, -0.15) is 0 Å². The Hall–Kier alpha value is -1.94. The molecule has 0 aliphatic carbocycles. The van der Waals surface area contributed by atoms with Gasteiger partial charge in [0.1, 0.15) is 5.82 Å². The van der Waals surface area contributed by atoms with Crippen molar-refractivity contribution in [2.75, 3.05) is 5.73 Å². The van der Waals surface area contributed by atoms with Crippen LogP contribution in [0.15, 0.2) is 30.5 Å². The van der Waals surface area contributed by atoms with Gasteiger partial charge in [-0.05, 0) is 30.4 Å². The first kappa shape index (κ1) is 11.5. The third-order valence-corrected chi connectivity index (χ3v) is 2.45. The van der Waals surface area contributed by atoms with Crippen LogP contribution in [-0.2, 0) is 0 Å². The molecule has 1 heterocycles. The summed E-state index contributed by atoms with van der Waals surface area (Å²) in [4.78, 5) is 7.72. The Bertz CT molecular complexity index is 549. The minimum Gasteiger partial charge on any atom is -0.368 e. The monoisotopic (exact) mass is 249 g/mol. The lowest BCUT2D eigenvalue weighted by atomic mass is 10.2. The summed E-state index contributed by atoms with van der Waals surface area (Å²) in [7, 11) is 0. The Balaban J connectivity index is 2.32. The summed E-state index contributed by atoms with van der Waals surface area (Å²) in [6, 6.07) is 6.19. The fourth-order valence-corrected chi connectivity index (χ4v) is 1.55. The van der Waals surface area contributed by atoms with E-state index in [1.54, 1.807) is 30.4 Å². The van der Waals surface area contributed by atoms with Crippen LogP contribution in [0.25, 0.3) is 12.2 Å². The van der Waals surface area contributed by atoms with Crippen molar-refractivity contribution in [3.05, 3.63) is 52.6 Å². The second kappa shape index (κ2) is 4.93. The maximum Gasteiger partial charge on any atom is 0.220 e. The summed E-state index contributed by atoms with van der Waals surface area (Å²) in [5, 5.41) is 0.350. The Kier molecular flexibility index (Phi) is 3.35. The number of anilines is 1. The lowest BCUT2D eigenvalue weighted by Crippen LogP contribution is -1.94. The van der Waals surface area contributed by atoms with E-state index in [9.17, 15) is 4.39 Å². The average Bonchev–Trinajstić information content (AvgIpc) is 2.28. The van der Waals surface area contributed by atoms with Gasteiger partial charge in [0.2, 0.25) is 5.95 Å². The molecule has 2 rings (SSSR count). The van der Waals surface area contributed by atoms with Gasteiger partial charge in [-0.1, -0.05) is 17.7 Å². The van der Waals surface area contributed by atoms with E-state index in [1.165, 1.54) is 12.3 Å². The molecule has 0 unspecified atom stereocenters. The molecule has 5 heteroatoms. The summed E-state index contributed by atoms with van der Waals surface area (Å²) in [6.07, 6.45) is 4.72. The van der Waals surface area contributed by atoms with Crippen molar-refractivity contribution in [3.63, 3.8) is 0 Å². The number of benzene rings is 1. The highest BCUT2D eigenvalue weighted by Gasteiger charge is 2.02. The highest BCUT2D eigenvalue weighted by molar-refractivity contribution is 6.32. The highest BCUT2D eigenvalue weighted by Crippen LogP contribution is 2.21. The van der Waals surface area contributed by atoms with Gasteiger partial charge in [-0.15, -0.1) is 0 Å². The quantitative estimate of drug-likeness (QED) is 0.890. The second-order valence-corrected chi connectivity index (χ2v) is 3.72. The Morgan fingerprint density at radius 3 is 2.76 bits per heavy atom. The van der Waals surface area contributed by atoms with E-state index in [1.807, 2.05) is 0 Å². The van der Waals surface area contributed by atoms with Crippen LogP contribution in [0.2, 0.25) is 5.02 Å². The number of nitrogens with zero attached hydrogens (tertiary/aromatic N) is 2. The average molecular weight is 250 g/mol. The van der Waals surface area contributed by atoms with Gasteiger partial charge in [-0.3, -0.25) is 0 Å². The molecule has 2 aromatic rings. The number of aromatic nitrogens is 2. The van der Waals surface area contributed by atoms with Crippen molar-refractivity contribution in [1.29, 1.82) is 0 Å². The second-order valence-electron chi connectivity index (χ2n) is 3.31. The molecule has 0 aliphatic rings. The summed E-state index contributed by atoms with van der Waals surface area (Å²) < 4.78 is 13.4.